The zero-order valence-corrected chi connectivity index (χ0v) is 19.5. The van der Waals surface area contributed by atoms with Gasteiger partial charge in [-0.2, -0.15) is 5.10 Å². The molecule has 0 spiro atoms. The first-order valence-electron chi connectivity index (χ1n) is 11.5. The highest BCUT2D eigenvalue weighted by molar-refractivity contribution is 5.95. The molecule has 0 radical (unpaired) electrons. The number of carboxylic acids is 1. The first-order valence-corrected chi connectivity index (χ1v) is 11.5. The Morgan fingerprint density at radius 2 is 1.69 bits per heavy atom. The van der Waals surface area contributed by atoms with Gasteiger partial charge in [0.15, 0.2) is 5.69 Å². The highest BCUT2D eigenvalue weighted by atomic mass is 16.5. The molecule has 1 aliphatic carbocycles. The van der Waals surface area contributed by atoms with Crippen LogP contribution >= 0.6 is 0 Å². The van der Waals surface area contributed by atoms with Gasteiger partial charge in [-0.3, -0.25) is 19.6 Å². The Morgan fingerprint density at radius 3 is 2.29 bits per heavy atom. The van der Waals surface area contributed by atoms with Crippen molar-refractivity contribution in [3.63, 3.8) is 0 Å². The van der Waals surface area contributed by atoms with Gasteiger partial charge >= 0.3 is 12.1 Å². The fourth-order valence-electron chi connectivity index (χ4n) is 5.04. The van der Waals surface area contributed by atoms with Gasteiger partial charge in [-0.15, -0.1) is 0 Å². The number of carboxylic acid groups (broad SMARTS) is 1. The number of anilines is 1. The maximum atomic E-state index is 12.9. The monoisotopic (exact) mass is 474 g/mol. The van der Waals surface area contributed by atoms with Crippen LogP contribution in [0.15, 0.2) is 54.6 Å². The fraction of sp³-hybridized carbons (Fsp3) is 0.308. The Balaban J connectivity index is 1.24. The zero-order chi connectivity index (χ0) is 24.7. The number of carbonyl (C=O) groups excluding carboxylic acids is 2. The summed E-state index contributed by atoms with van der Waals surface area (Å²) >= 11 is 0. The Bertz CT molecular complexity index is 1270. The summed E-state index contributed by atoms with van der Waals surface area (Å²) in [5.41, 5.74) is 4.67. The molecule has 9 heteroatoms. The second-order valence-corrected chi connectivity index (χ2v) is 9.12. The summed E-state index contributed by atoms with van der Waals surface area (Å²) < 4.78 is 6.96. The molecule has 0 unspecified atom stereocenters. The lowest BCUT2D eigenvalue weighted by molar-refractivity contribution is -0.142. The van der Waals surface area contributed by atoms with Crippen LogP contribution in [0.4, 0.5) is 10.6 Å². The number of likely N-dealkylation sites (tertiary alicyclic amines) is 1. The molecule has 2 heterocycles. The third-order valence-electron chi connectivity index (χ3n) is 6.89. The fourth-order valence-corrected chi connectivity index (χ4v) is 5.04. The summed E-state index contributed by atoms with van der Waals surface area (Å²) in [4.78, 5) is 38.3. The second-order valence-electron chi connectivity index (χ2n) is 9.12. The molecule has 2 aliphatic rings. The smallest absolute Gasteiger partial charge is 0.412 e. The van der Waals surface area contributed by atoms with E-state index in [1.54, 1.807) is 7.05 Å². The first kappa shape index (κ1) is 22.6. The van der Waals surface area contributed by atoms with Crippen molar-refractivity contribution < 1.29 is 24.2 Å². The molecule has 1 aromatic heterocycles. The van der Waals surface area contributed by atoms with Gasteiger partial charge in [0.25, 0.3) is 5.91 Å². The number of hydrogen-bond donors (Lipinski definition) is 2. The number of nitrogens with zero attached hydrogens (tertiary/aromatic N) is 3. The van der Waals surface area contributed by atoms with E-state index in [-0.39, 0.29) is 36.6 Å². The van der Waals surface area contributed by atoms with E-state index < -0.39 is 18.0 Å². The van der Waals surface area contributed by atoms with Crippen molar-refractivity contribution in [2.24, 2.45) is 18.9 Å². The molecule has 2 atom stereocenters. The molecule has 2 amide bonds. The largest absolute Gasteiger partial charge is 0.481 e. The van der Waals surface area contributed by atoms with Crippen LogP contribution in [0.25, 0.3) is 11.1 Å². The van der Waals surface area contributed by atoms with E-state index >= 15 is 0 Å². The number of aryl methyl sites for hydroxylation is 1. The van der Waals surface area contributed by atoms with Gasteiger partial charge in [0.2, 0.25) is 0 Å². The standard InChI is InChI=1S/C26H26N4O5/c1-15-12-30(13-20(15)25(32)33)24(31)22-11-23(29(2)28-22)27-26(34)35-14-21-18-9-5-3-7-16(18)17-8-4-6-10-19(17)21/h3-11,15,20-21H,12-14H2,1-2H3,(H,27,34)(H,32,33)/t15-,20-/m1/s1. The summed E-state index contributed by atoms with van der Waals surface area (Å²) in [7, 11) is 1.61. The molecule has 2 N–H and O–H groups in total. The number of aliphatic carboxylic acids is 1. The minimum atomic E-state index is -0.911. The Morgan fingerprint density at radius 1 is 1.06 bits per heavy atom. The van der Waals surface area contributed by atoms with Crippen molar-refractivity contribution in [2.75, 3.05) is 25.0 Å². The summed E-state index contributed by atoms with van der Waals surface area (Å²) in [6, 6.07) is 17.7. The van der Waals surface area contributed by atoms with E-state index in [1.807, 2.05) is 43.3 Å². The highest BCUT2D eigenvalue weighted by Crippen LogP contribution is 2.44. The van der Waals surface area contributed by atoms with E-state index in [2.05, 4.69) is 22.5 Å². The van der Waals surface area contributed by atoms with Crippen molar-refractivity contribution in [2.45, 2.75) is 12.8 Å². The third kappa shape index (κ3) is 4.14. The molecule has 5 rings (SSSR count). The van der Waals surface area contributed by atoms with Crippen LogP contribution in [0.3, 0.4) is 0 Å². The average molecular weight is 475 g/mol. The van der Waals surface area contributed by atoms with Crippen LogP contribution in [0.5, 0.6) is 0 Å². The Kier molecular flexibility index (Phi) is 5.76. The molecule has 1 fully saturated rings. The topological polar surface area (TPSA) is 114 Å². The quantitative estimate of drug-likeness (QED) is 0.584. The zero-order valence-electron chi connectivity index (χ0n) is 19.5. The third-order valence-corrected chi connectivity index (χ3v) is 6.89. The normalized spacial score (nSPS) is 18.7. The second kappa shape index (κ2) is 8.90. The summed E-state index contributed by atoms with van der Waals surface area (Å²) in [6.07, 6.45) is -0.644. The van der Waals surface area contributed by atoms with Gasteiger partial charge in [0.05, 0.1) is 5.92 Å². The number of nitrogens with one attached hydrogen (secondary N) is 1. The Labute approximate surface area is 202 Å². The van der Waals surface area contributed by atoms with Crippen molar-refractivity contribution >= 4 is 23.8 Å². The van der Waals surface area contributed by atoms with E-state index in [1.165, 1.54) is 15.6 Å². The van der Waals surface area contributed by atoms with Gasteiger partial charge in [-0.1, -0.05) is 55.5 Å². The molecule has 3 aromatic rings. The minimum absolute atomic E-state index is 0.0591. The minimum Gasteiger partial charge on any atom is -0.481 e. The molecule has 180 valence electrons. The summed E-state index contributed by atoms with van der Waals surface area (Å²) in [5, 5.41) is 16.2. The van der Waals surface area contributed by atoms with Crippen LogP contribution in [0.2, 0.25) is 0 Å². The maximum Gasteiger partial charge on any atom is 0.412 e. The molecule has 35 heavy (non-hydrogen) atoms. The average Bonchev–Trinajstić information content (AvgIpc) is 3.51. The lowest BCUT2D eigenvalue weighted by Crippen LogP contribution is -2.30. The molecular weight excluding hydrogens is 448 g/mol. The molecule has 1 aliphatic heterocycles. The van der Waals surface area contributed by atoms with Gasteiger partial charge in [0.1, 0.15) is 12.4 Å². The molecule has 0 bridgehead atoms. The van der Waals surface area contributed by atoms with E-state index in [0.29, 0.717) is 12.4 Å². The number of benzene rings is 2. The van der Waals surface area contributed by atoms with Crippen molar-refractivity contribution in [3.05, 3.63) is 71.4 Å². The van der Waals surface area contributed by atoms with E-state index in [4.69, 9.17) is 4.74 Å². The van der Waals surface area contributed by atoms with Crippen LogP contribution < -0.4 is 5.32 Å². The summed E-state index contributed by atoms with van der Waals surface area (Å²) in [6.45, 7) is 2.48. The Hall–Kier alpha value is -4.14. The van der Waals surface area contributed by atoms with Crippen LogP contribution in [0, 0.1) is 11.8 Å². The van der Waals surface area contributed by atoms with Crippen molar-refractivity contribution in [1.29, 1.82) is 0 Å². The number of fused-ring (bicyclic) bond motifs is 3. The molecule has 9 nitrogen and oxygen atoms in total. The number of carbonyl (C=O) groups is 3. The van der Waals surface area contributed by atoms with Crippen LogP contribution in [-0.2, 0) is 16.6 Å². The van der Waals surface area contributed by atoms with Crippen LogP contribution in [0.1, 0.15) is 34.5 Å². The van der Waals surface area contributed by atoms with Crippen LogP contribution in [-0.4, -0.2) is 57.5 Å². The van der Waals surface area contributed by atoms with Gasteiger partial charge < -0.3 is 14.7 Å². The molecule has 1 saturated heterocycles. The van der Waals surface area contributed by atoms with E-state index in [0.717, 1.165) is 22.3 Å². The number of ether oxygens (including phenoxy) is 1. The number of hydrogen-bond acceptors (Lipinski definition) is 5. The number of aromatic nitrogens is 2. The maximum absolute atomic E-state index is 12.9. The molecular formula is C26H26N4O5. The molecule has 0 saturated carbocycles. The predicted molar refractivity (Wildman–Crippen MR) is 128 cm³/mol. The predicted octanol–water partition coefficient (Wildman–Crippen LogP) is 3.57. The number of amides is 2. The van der Waals surface area contributed by atoms with Gasteiger partial charge in [-0.05, 0) is 28.2 Å². The molecule has 2 aromatic carbocycles. The summed E-state index contributed by atoms with van der Waals surface area (Å²) in [5.74, 6) is -1.76. The van der Waals surface area contributed by atoms with Crippen molar-refractivity contribution in [3.8, 4) is 11.1 Å². The van der Waals surface area contributed by atoms with Crippen molar-refractivity contribution in [1.82, 2.24) is 14.7 Å². The lowest BCUT2D eigenvalue weighted by atomic mass is 9.98. The lowest BCUT2D eigenvalue weighted by Gasteiger charge is -2.14. The first-order chi connectivity index (χ1) is 16.8. The van der Waals surface area contributed by atoms with Gasteiger partial charge in [0, 0.05) is 32.1 Å². The number of rotatable bonds is 5. The van der Waals surface area contributed by atoms with E-state index in [9.17, 15) is 19.5 Å². The SMILES string of the molecule is C[C@@H]1CN(C(=O)c2cc(NC(=O)OCC3c4ccccc4-c4ccccc43)n(C)n2)C[C@H]1C(=O)O. The highest BCUT2D eigenvalue weighted by Gasteiger charge is 2.38. The van der Waals surface area contributed by atoms with Gasteiger partial charge in [-0.25, -0.2) is 4.79 Å².